The maximum Gasteiger partial charge on any atom is 0.408 e. The van der Waals surface area contributed by atoms with E-state index in [9.17, 15) is 9.59 Å². The molecule has 1 aliphatic heterocycles. The number of benzene rings is 3. The van der Waals surface area contributed by atoms with E-state index in [4.69, 9.17) is 18.9 Å². The van der Waals surface area contributed by atoms with Gasteiger partial charge in [-0.25, -0.2) is 9.18 Å². The Bertz CT molecular complexity index is 1550. The Balaban J connectivity index is 1.66. The van der Waals surface area contributed by atoms with Crippen molar-refractivity contribution in [3.05, 3.63) is 83.2 Å². The number of rotatable bonds is 12. The molecule has 3 aromatic carbocycles. The van der Waals surface area contributed by atoms with Gasteiger partial charge in [0.05, 0.1) is 18.6 Å². The minimum atomic E-state index is -0.673. The monoisotopic (exact) mass is 662 g/mol. The third kappa shape index (κ3) is 10.7. The molecule has 0 unspecified atom stereocenters. The first-order valence-corrected chi connectivity index (χ1v) is 16.8. The van der Waals surface area contributed by atoms with Crippen LogP contribution >= 0.6 is 0 Å². The van der Waals surface area contributed by atoms with E-state index in [0.29, 0.717) is 22.4 Å². The lowest BCUT2D eigenvalue weighted by atomic mass is 9.97. The van der Waals surface area contributed by atoms with Gasteiger partial charge in [0.2, 0.25) is 0 Å². The molecule has 1 saturated heterocycles. The van der Waals surface area contributed by atoms with Crippen LogP contribution in [0.15, 0.2) is 60.7 Å². The number of esters is 1. The fourth-order valence-electron chi connectivity index (χ4n) is 5.70. The predicted molar refractivity (Wildman–Crippen MR) is 187 cm³/mol. The van der Waals surface area contributed by atoms with Crippen LogP contribution in [0.3, 0.4) is 0 Å². The number of anilines is 1. The number of carbonyl (C=O) groups excluding carboxylic acids is 2. The summed E-state index contributed by atoms with van der Waals surface area (Å²) in [5.74, 6) is -0.173. The zero-order valence-electron chi connectivity index (χ0n) is 29.7. The molecule has 0 aliphatic carbocycles. The molecule has 260 valence electrons. The second kappa shape index (κ2) is 15.9. The Hall–Kier alpha value is -4.11. The van der Waals surface area contributed by atoms with E-state index in [0.717, 1.165) is 49.4 Å². The fourth-order valence-corrected chi connectivity index (χ4v) is 5.70. The minimum Gasteiger partial charge on any atom is -0.489 e. The first-order valence-electron chi connectivity index (χ1n) is 16.8. The summed E-state index contributed by atoms with van der Waals surface area (Å²) in [4.78, 5) is 27.3. The number of halogens is 1. The van der Waals surface area contributed by atoms with Crippen LogP contribution in [0.25, 0.3) is 11.1 Å². The van der Waals surface area contributed by atoms with Crippen molar-refractivity contribution < 1.29 is 32.9 Å². The van der Waals surface area contributed by atoms with Crippen molar-refractivity contribution in [1.29, 1.82) is 0 Å². The molecule has 2 atom stereocenters. The topological polar surface area (TPSA) is 86.3 Å². The third-order valence-electron chi connectivity index (χ3n) is 7.83. The van der Waals surface area contributed by atoms with E-state index in [-0.39, 0.29) is 25.1 Å². The maximum atomic E-state index is 16.3. The van der Waals surface area contributed by atoms with Crippen LogP contribution in [0.5, 0.6) is 5.75 Å². The molecule has 0 spiro atoms. The van der Waals surface area contributed by atoms with Gasteiger partial charge in [0.25, 0.3) is 0 Å². The molecule has 9 heteroatoms. The lowest BCUT2D eigenvalue weighted by Crippen LogP contribution is -2.34. The second-order valence-corrected chi connectivity index (χ2v) is 14.3. The van der Waals surface area contributed by atoms with Crippen LogP contribution in [0.2, 0.25) is 0 Å². The molecule has 0 aromatic heterocycles. The normalized spacial score (nSPS) is 15.5. The number of hydrogen-bond donors (Lipinski definition) is 1. The SMILES string of the molecule is CCN(C[C@@H]1CCCO1)c1cc(COc2ccccc2CC(=O)OC(C)(C)C)cc(-c2cccc([C@@H](C)NC(=O)OC(C)(C)C)c2F)c1. The van der Waals surface area contributed by atoms with Crippen LogP contribution in [-0.2, 0) is 32.0 Å². The molecule has 1 fully saturated rings. The van der Waals surface area contributed by atoms with Crippen molar-refractivity contribution in [2.24, 2.45) is 0 Å². The summed E-state index contributed by atoms with van der Waals surface area (Å²) in [6, 6.07) is 18.0. The van der Waals surface area contributed by atoms with E-state index in [2.05, 4.69) is 23.2 Å². The number of ether oxygens (including phenoxy) is 4. The molecule has 3 aromatic rings. The van der Waals surface area contributed by atoms with Crippen LogP contribution in [0.1, 0.15) is 91.0 Å². The maximum absolute atomic E-state index is 16.3. The highest BCUT2D eigenvalue weighted by Gasteiger charge is 2.24. The van der Waals surface area contributed by atoms with E-state index in [1.165, 1.54) is 0 Å². The van der Waals surface area contributed by atoms with Crippen LogP contribution in [0.4, 0.5) is 14.9 Å². The molecule has 0 radical (unpaired) electrons. The second-order valence-electron chi connectivity index (χ2n) is 14.3. The van der Waals surface area contributed by atoms with E-state index < -0.39 is 29.2 Å². The van der Waals surface area contributed by atoms with Gasteiger partial charge in [0.1, 0.15) is 29.4 Å². The van der Waals surface area contributed by atoms with Crippen molar-refractivity contribution in [3.8, 4) is 16.9 Å². The van der Waals surface area contributed by atoms with Crippen LogP contribution < -0.4 is 15.0 Å². The lowest BCUT2D eigenvalue weighted by Gasteiger charge is -2.27. The molecule has 8 nitrogen and oxygen atoms in total. The number of para-hydroxylation sites is 1. The van der Waals surface area contributed by atoms with Crippen molar-refractivity contribution in [1.82, 2.24) is 5.32 Å². The quantitative estimate of drug-likeness (QED) is 0.195. The number of likely N-dealkylation sites (N-methyl/N-ethyl adjacent to an activating group) is 1. The van der Waals surface area contributed by atoms with Gasteiger partial charge in [-0.15, -0.1) is 0 Å². The smallest absolute Gasteiger partial charge is 0.408 e. The fraction of sp³-hybridized carbons (Fsp3) is 0.487. The number of nitrogens with zero attached hydrogens (tertiary/aromatic N) is 1. The molecular formula is C39H51FN2O6. The van der Waals surface area contributed by atoms with Gasteiger partial charge in [0, 0.05) is 42.1 Å². The number of amides is 1. The summed E-state index contributed by atoms with van der Waals surface area (Å²) in [7, 11) is 0. The van der Waals surface area contributed by atoms with Crippen molar-refractivity contribution in [2.45, 2.75) is 105 Å². The summed E-state index contributed by atoms with van der Waals surface area (Å²) in [5.41, 5.74) is 2.67. The Labute approximate surface area is 284 Å². The van der Waals surface area contributed by atoms with E-state index in [1.54, 1.807) is 45.9 Å². The molecule has 1 aliphatic rings. The molecule has 1 amide bonds. The number of alkyl carbamates (subject to hydrolysis) is 1. The average molecular weight is 663 g/mol. The number of nitrogens with one attached hydrogen (secondary N) is 1. The van der Waals surface area contributed by atoms with Crippen molar-refractivity contribution in [3.63, 3.8) is 0 Å². The Morgan fingerprint density at radius 2 is 1.73 bits per heavy atom. The highest BCUT2D eigenvalue weighted by atomic mass is 19.1. The van der Waals surface area contributed by atoms with Gasteiger partial charge in [-0.05, 0) is 104 Å². The standard InChI is InChI=1S/C39H51FN2O6/c1-9-42(24-31-15-13-19-45-31)30-21-27(25-46-34-18-11-10-14-28(34)23-35(43)47-38(3,4)5)20-29(22-30)33-17-12-16-32(36(33)40)26(2)41-37(44)48-39(6,7)8/h10-12,14,16-18,20-22,26,31H,9,13,15,19,23-25H2,1-8H3,(H,41,44)/t26-,31+/m1/s1. The highest BCUT2D eigenvalue weighted by Crippen LogP contribution is 2.33. The molecule has 48 heavy (non-hydrogen) atoms. The third-order valence-corrected chi connectivity index (χ3v) is 7.83. The largest absolute Gasteiger partial charge is 0.489 e. The summed E-state index contributed by atoms with van der Waals surface area (Å²) >= 11 is 0. The Kier molecular flexibility index (Phi) is 12.1. The molecule has 1 N–H and O–H groups in total. The molecule has 4 rings (SSSR count). The van der Waals surface area contributed by atoms with Crippen molar-refractivity contribution in [2.75, 3.05) is 24.6 Å². The molecular weight excluding hydrogens is 611 g/mol. The summed E-state index contributed by atoms with van der Waals surface area (Å²) in [5, 5.41) is 2.76. The van der Waals surface area contributed by atoms with Crippen molar-refractivity contribution >= 4 is 17.7 Å². The first kappa shape index (κ1) is 36.7. The van der Waals surface area contributed by atoms with Gasteiger partial charge < -0.3 is 29.2 Å². The lowest BCUT2D eigenvalue weighted by molar-refractivity contribution is -0.153. The highest BCUT2D eigenvalue weighted by molar-refractivity contribution is 5.74. The van der Waals surface area contributed by atoms with E-state index >= 15 is 4.39 Å². The number of hydrogen-bond acceptors (Lipinski definition) is 7. The van der Waals surface area contributed by atoms with Gasteiger partial charge in [-0.1, -0.05) is 36.4 Å². The zero-order chi connectivity index (χ0) is 35.1. The summed E-state index contributed by atoms with van der Waals surface area (Å²) < 4.78 is 39.5. The molecule has 0 saturated carbocycles. The number of carbonyl (C=O) groups is 2. The average Bonchev–Trinajstić information content (AvgIpc) is 3.50. The van der Waals surface area contributed by atoms with Crippen LogP contribution in [-0.4, -0.2) is 49.1 Å². The molecule has 0 bridgehead atoms. The Morgan fingerprint density at radius 1 is 1.00 bits per heavy atom. The van der Waals surface area contributed by atoms with Gasteiger partial charge in [0.15, 0.2) is 0 Å². The Morgan fingerprint density at radius 3 is 2.40 bits per heavy atom. The van der Waals surface area contributed by atoms with Gasteiger partial charge in [-0.3, -0.25) is 4.79 Å². The van der Waals surface area contributed by atoms with Gasteiger partial charge >= 0.3 is 12.1 Å². The van der Waals surface area contributed by atoms with E-state index in [1.807, 2.05) is 57.2 Å². The van der Waals surface area contributed by atoms with Crippen LogP contribution in [0, 0.1) is 5.82 Å². The summed E-state index contributed by atoms with van der Waals surface area (Å²) in [6.45, 7) is 17.1. The predicted octanol–water partition coefficient (Wildman–Crippen LogP) is 8.55. The van der Waals surface area contributed by atoms with Gasteiger partial charge in [-0.2, -0.15) is 0 Å². The first-order chi connectivity index (χ1) is 22.6. The minimum absolute atomic E-state index is 0.0806. The zero-order valence-corrected chi connectivity index (χ0v) is 29.7. The summed E-state index contributed by atoms with van der Waals surface area (Å²) in [6.07, 6.45) is 1.64. The molecule has 1 heterocycles.